The van der Waals surface area contributed by atoms with Crippen LogP contribution in [0.15, 0.2) is 12.1 Å². The quantitative estimate of drug-likeness (QED) is 0.768. The van der Waals surface area contributed by atoms with Crippen LogP contribution in [0, 0.1) is 13.8 Å². The zero-order valence-electron chi connectivity index (χ0n) is 12.4. The van der Waals surface area contributed by atoms with Crippen LogP contribution in [0.5, 0.6) is 0 Å². The average Bonchev–Trinajstić information content (AvgIpc) is 2.82. The summed E-state index contributed by atoms with van der Waals surface area (Å²) in [5, 5.41) is 5.69. The second kappa shape index (κ2) is 7.12. The van der Waals surface area contributed by atoms with Crippen LogP contribution in [0.3, 0.4) is 0 Å². The highest BCUT2D eigenvalue weighted by Gasteiger charge is 2.08. The summed E-state index contributed by atoms with van der Waals surface area (Å²) < 4.78 is 0. The number of carbonyl (C=O) groups is 1. The second-order valence-electron chi connectivity index (χ2n) is 4.89. The maximum atomic E-state index is 10.4. The van der Waals surface area contributed by atoms with Gasteiger partial charge in [-0.25, -0.2) is 0 Å². The van der Waals surface area contributed by atoms with Crippen molar-refractivity contribution in [2.45, 2.75) is 39.7 Å². The number of amides is 1. The number of hydrogen-bond donors (Lipinski definition) is 2. The van der Waals surface area contributed by atoms with Gasteiger partial charge in [0.1, 0.15) is 5.82 Å². The van der Waals surface area contributed by atoms with Crippen molar-refractivity contribution in [3.05, 3.63) is 27.7 Å². The van der Waals surface area contributed by atoms with E-state index in [0.717, 1.165) is 12.8 Å². The van der Waals surface area contributed by atoms with Gasteiger partial charge in [-0.1, -0.05) is 0 Å². The summed E-state index contributed by atoms with van der Waals surface area (Å²) >= 11 is 1.83. The molecular weight excluding hydrogens is 286 g/mol. The minimum absolute atomic E-state index is 0.235. The van der Waals surface area contributed by atoms with Gasteiger partial charge < -0.3 is 5.32 Å². The molecular formula is C14H19N5OS. The summed E-state index contributed by atoms with van der Waals surface area (Å²) in [5.41, 5.74) is 0. The van der Waals surface area contributed by atoms with Crippen molar-refractivity contribution in [1.82, 2.24) is 15.0 Å². The fraction of sp³-hybridized carbons (Fsp3) is 0.429. The van der Waals surface area contributed by atoms with Gasteiger partial charge in [0.2, 0.25) is 18.3 Å². The molecule has 1 amide bonds. The van der Waals surface area contributed by atoms with Gasteiger partial charge in [0, 0.05) is 15.8 Å². The van der Waals surface area contributed by atoms with E-state index in [9.17, 15) is 4.79 Å². The molecule has 0 fully saturated rings. The molecule has 2 aromatic rings. The summed E-state index contributed by atoms with van der Waals surface area (Å²) in [6.45, 7) is 5.97. The van der Waals surface area contributed by atoms with E-state index in [2.05, 4.69) is 51.6 Å². The van der Waals surface area contributed by atoms with E-state index in [0.29, 0.717) is 18.2 Å². The van der Waals surface area contributed by atoms with Crippen LogP contribution >= 0.6 is 11.3 Å². The van der Waals surface area contributed by atoms with Gasteiger partial charge in [-0.05, 0) is 45.7 Å². The Kier molecular flexibility index (Phi) is 5.21. The highest BCUT2D eigenvalue weighted by atomic mass is 32.1. The number of aryl methyl sites for hydroxylation is 3. The number of carbonyl (C=O) groups excluding carboxylic acids is 1. The molecule has 6 nitrogen and oxygen atoms in total. The van der Waals surface area contributed by atoms with E-state index in [1.54, 1.807) is 6.92 Å². The fourth-order valence-electron chi connectivity index (χ4n) is 1.93. The molecule has 0 saturated carbocycles. The second-order valence-corrected chi connectivity index (χ2v) is 6.26. The molecule has 0 radical (unpaired) electrons. The lowest BCUT2D eigenvalue weighted by Crippen LogP contribution is -2.19. The monoisotopic (exact) mass is 305 g/mol. The molecule has 0 spiro atoms. The molecule has 7 heteroatoms. The number of nitrogens with zero attached hydrogens (tertiary/aromatic N) is 3. The molecule has 2 heterocycles. The summed E-state index contributed by atoms with van der Waals surface area (Å²) in [6, 6.07) is 4.55. The highest BCUT2D eigenvalue weighted by Crippen LogP contribution is 2.18. The first-order chi connectivity index (χ1) is 10.1. The molecule has 2 rings (SSSR count). The van der Waals surface area contributed by atoms with E-state index >= 15 is 0 Å². The van der Waals surface area contributed by atoms with E-state index in [1.165, 1.54) is 9.75 Å². The molecule has 0 aliphatic rings. The molecule has 0 aromatic carbocycles. The van der Waals surface area contributed by atoms with E-state index in [1.807, 2.05) is 11.3 Å². The van der Waals surface area contributed by atoms with E-state index < -0.39 is 0 Å². The highest BCUT2D eigenvalue weighted by molar-refractivity contribution is 7.11. The summed E-state index contributed by atoms with van der Waals surface area (Å²) in [4.78, 5) is 25.6. The van der Waals surface area contributed by atoms with Crippen LogP contribution < -0.4 is 10.6 Å². The molecule has 1 unspecified atom stereocenters. The first kappa shape index (κ1) is 15.4. The Labute approximate surface area is 128 Å². The zero-order chi connectivity index (χ0) is 15.2. The van der Waals surface area contributed by atoms with Gasteiger partial charge in [-0.2, -0.15) is 15.0 Å². The molecule has 2 N–H and O–H groups in total. The Hall–Kier alpha value is -2.02. The fourth-order valence-corrected chi connectivity index (χ4v) is 2.84. The third kappa shape index (κ3) is 4.78. The molecule has 2 aromatic heterocycles. The van der Waals surface area contributed by atoms with Crippen LogP contribution in [0.2, 0.25) is 0 Å². The van der Waals surface area contributed by atoms with Crippen LogP contribution in [-0.2, 0) is 11.2 Å². The molecule has 1 atom stereocenters. The van der Waals surface area contributed by atoms with Crippen molar-refractivity contribution < 1.29 is 4.79 Å². The molecule has 21 heavy (non-hydrogen) atoms. The summed E-state index contributed by atoms with van der Waals surface area (Å²) in [6.07, 6.45) is 2.57. The lowest BCUT2D eigenvalue weighted by molar-refractivity contribution is -0.105. The lowest BCUT2D eigenvalue weighted by atomic mass is 10.1. The van der Waals surface area contributed by atoms with Gasteiger partial charge >= 0.3 is 0 Å². The predicted octanol–water partition coefficient (Wildman–Crippen LogP) is 2.55. The number of aromatic nitrogens is 3. The van der Waals surface area contributed by atoms with Gasteiger partial charge in [-0.3, -0.25) is 10.1 Å². The van der Waals surface area contributed by atoms with E-state index in [4.69, 9.17) is 0 Å². The van der Waals surface area contributed by atoms with Gasteiger partial charge in [0.05, 0.1) is 0 Å². The van der Waals surface area contributed by atoms with Gasteiger partial charge in [-0.15, -0.1) is 11.3 Å². The van der Waals surface area contributed by atoms with Crippen LogP contribution in [0.1, 0.15) is 28.9 Å². The molecule has 0 aliphatic carbocycles. The Morgan fingerprint density at radius 1 is 1.24 bits per heavy atom. The van der Waals surface area contributed by atoms with Crippen molar-refractivity contribution in [3.8, 4) is 0 Å². The first-order valence-electron chi connectivity index (χ1n) is 6.81. The molecule has 0 aliphatic heterocycles. The SMILES string of the molecule is Cc1nc(NC=O)nc(NC(C)CCc2ccc(C)s2)n1. The Balaban J connectivity index is 1.92. The molecule has 0 bridgehead atoms. The normalized spacial score (nSPS) is 12.0. The summed E-state index contributed by atoms with van der Waals surface area (Å²) in [5.74, 6) is 1.32. The Morgan fingerprint density at radius 3 is 2.67 bits per heavy atom. The summed E-state index contributed by atoms with van der Waals surface area (Å²) in [7, 11) is 0. The predicted molar refractivity (Wildman–Crippen MR) is 84.7 cm³/mol. The average molecular weight is 305 g/mol. The standard InChI is InChI=1S/C14H19N5OS/c1-9(4-6-12-7-5-10(2)21-12)16-14-18-11(3)17-13(19-14)15-8-20/h5,7-9H,4,6H2,1-3H3,(H2,15,16,17,18,19,20). The third-order valence-corrected chi connectivity index (χ3v) is 3.99. The maximum absolute atomic E-state index is 10.4. The van der Waals surface area contributed by atoms with Crippen molar-refractivity contribution in [1.29, 1.82) is 0 Å². The Morgan fingerprint density at radius 2 is 2.00 bits per heavy atom. The minimum Gasteiger partial charge on any atom is -0.352 e. The van der Waals surface area contributed by atoms with Crippen LogP contribution in [-0.4, -0.2) is 27.4 Å². The largest absolute Gasteiger partial charge is 0.352 e. The molecule has 112 valence electrons. The van der Waals surface area contributed by atoms with Crippen molar-refractivity contribution in [3.63, 3.8) is 0 Å². The first-order valence-corrected chi connectivity index (χ1v) is 7.63. The molecule has 0 saturated heterocycles. The zero-order valence-corrected chi connectivity index (χ0v) is 13.2. The Bertz CT molecular complexity index is 613. The van der Waals surface area contributed by atoms with Crippen molar-refractivity contribution in [2.75, 3.05) is 10.6 Å². The van der Waals surface area contributed by atoms with Gasteiger partial charge in [0.25, 0.3) is 0 Å². The van der Waals surface area contributed by atoms with Gasteiger partial charge in [0.15, 0.2) is 0 Å². The number of rotatable bonds is 7. The number of thiophene rings is 1. The van der Waals surface area contributed by atoms with E-state index in [-0.39, 0.29) is 12.0 Å². The lowest BCUT2D eigenvalue weighted by Gasteiger charge is -2.13. The number of anilines is 2. The van der Waals surface area contributed by atoms with Crippen LogP contribution in [0.4, 0.5) is 11.9 Å². The van der Waals surface area contributed by atoms with Crippen molar-refractivity contribution >= 4 is 29.6 Å². The van der Waals surface area contributed by atoms with Crippen LogP contribution in [0.25, 0.3) is 0 Å². The maximum Gasteiger partial charge on any atom is 0.234 e. The minimum atomic E-state index is 0.235. The number of nitrogens with one attached hydrogen (secondary N) is 2. The topological polar surface area (TPSA) is 79.8 Å². The van der Waals surface area contributed by atoms with Crippen molar-refractivity contribution in [2.24, 2.45) is 0 Å². The number of hydrogen-bond acceptors (Lipinski definition) is 6. The smallest absolute Gasteiger partial charge is 0.234 e. The third-order valence-electron chi connectivity index (χ3n) is 2.93.